The molecule has 0 saturated heterocycles. The normalized spacial score (nSPS) is 10.7. The summed E-state index contributed by atoms with van der Waals surface area (Å²) in [5, 5.41) is 3.81. The van der Waals surface area contributed by atoms with Gasteiger partial charge in [-0.3, -0.25) is 9.59 Å². The van der Waals surface area contributed by atoms with Crippen molar-refractivity contribution in [1.29, 1.82) is 0 Å². The Morgan fingerprint density at radius 2 is 2.15 bits per heavy atom. The van der Waals surface area contributed by atoms with E-state index in [1.54, 1.807) is 12.1 Å². The van der Waals surface area contributed by atoms with Gasteiger partial charge in [0.1, 0.15) is 0 Å². The number of aromatic nitrogens is 1. The van der Waals surface area contributed by atoms with Crippen molar-refractivity contribution in [2.45, 2.75) is 26.2 Å². The number of aryl methyl sites for hydroxylation is 1. The second-order valence-electron chi connectivity index (χ2n) is 4.61. The van der Waals surface area contributed by atoms with Gasteiger partial charge in [0.2, 0.25) is 11.5 Å². The van der Waals surface area contributed by atoms with Crippen LogP contribution in [0.1, 0.15) is 25.3 Å². The van der Waals surface area contributed by atoms with Gasteiger partial charge in [-0.1, -0.05) is 13.0 Å². The molecular formula is C15H17ClN2O2. The average Bonchev–Trinajstić information content (AvgIpc) is 2.43. The van der Waals surface area contributed by atoms with Crippen LogP contribution in [0.3, 0.4) is 0 Å². The van der Waals surface area contributed by atoms with E-state index in [2.05, 4.69) is 10.3 Å². The SMILES string of the molecule is CCc1cc(=O)[nH]c2cc(NC(=O)CCCCl)ccc12. The molecule has 0 unspecified atom stereocenters. The molecule has 0 fully saturated rings. The van der Waals surface area contributed by atoms with Crippen LogP contribution >= 0.6 is 11.6 Å². The smallest absolute Gasteiger partial charge is 0.248 e. The fraction of sp³-hybridized carbons (Fsp3) is 0.333. The van der Waals surface area contributed by atoms with Crippen LogP contribution in [0.25, 0.3) is 10.9 Å². The summed E-state index contributed by atoms with van der Waals surface area (Å²) in [5.74, 6) is 0.400. The second-order valence-corrected chi connectivity index (χ2v) is 4.99. The lowest BCUT2D eigenvalue weighted by Crippen LogP contribution is -2.12. The van der Waals surface area contributed by atoms with Crippen molar-refractivity contribution < 1.29 is 4.79 Å². The standard InChI is InChI=1S/C15H17ClN2O2/c1-2-10-8-15(20)18-13-9-11(5-6-12(10)13)17-14(19)4-3-7-16/h5-6,8-9H,2-4,7H2,1H3,(H,17,19)(H,18,20). The molecule has 4 nitrogen and oxygen atoms in total. The summed E-state index contributed by atoms with van der Waals surface area (Å²) in [7, 11) is 0. The lowest BCUT2D eigenvalue weighted by atomic mass is 10.1. The van der Waals surface area contributed by atoms with E-state index in [0.29, 0.717) is 24.4 Å². The van der Waals surface area contributed by atoms with Gasteiger partial charge in [0, 0.05) is 29.4 Å². The molecule has 1 amide bonds. The number of benzene rings is 1. The van der Waals surface area contributed by atoms with E-state index in [0.717, 1.165) is 22.9 Å². The monoisotopic (exact) mass is 292 g/mol. The van der Waals surface area contributed by atoms with E-state index >= 15 is 0 Å². The first kappa shape index (κ1) is 14.6. The Morgan fingerprint density at radius 1 is 1.35 bits per heavy atom. The molecule has 0 spiro atoms. The summed E-state index contributed by atoms with van der Waals surface area (Å²) < 4.78 is 0. The number of nitrogens with one attached hydrogen (secondary N) is 2. The van der Waals surface area contributed by atoms with Crippen LogP contribution in [0.2, 0.25) is 0 Å². The van der Waals surface area contributed by atoms with Crippen LogP contribution in [0.4, 0.5) is 5.69 Å². The highest BCUT2D eigenvalue weighted by Crippen LogP contribution is 2.20. The van der Waals surface area contributed by atoms with Gasteiger partial charge >= 0.3 is 0 Å². The third-order valence-corrected chi connectivity index (χ3v) is 3.40. The third-order valence-electron chi connectivity index (χ3n) is 3.13. The third kappa shape index (κ3) is 3.39. The molecule has 1 aromatic heterocycles. The van der Waals surface area contributed by atoms with Gasteiger partial charge in [-0.15, -0.1) is 11.6 Å². The lowest BCUT2D eigenvalue weighted by molar-refractivity contribution is -0.116. The molecule has 1 heterocycles. The van der Waals surface area contributed by atoms with E-state index < -0.39 is 0 Å². The van der Waals surface area contributed by atoms with E-state index in [1.165, 1.54) is 0 Å². The average molecular weight is 293 g/mol. The quantitative estimate of drug-likeness (QED) is 0.832. The van der Waals surface area contributed by atoms with Crippen LogP contribution in [0.15, 0.2) is 29.1 Å². The highest BCUT2D eigenvalue weighted by molar-refractivity contribution is 6.18. The number of halogens is 1. The fourth-order valence-corrected chi connectivity index (χ4v) is 2.29. The molecule has 2 aromatic rings. The van der Waals surface area contributed by atoms with Crippen molar-refractivity contribution in [2.75, 3.05) is 11.2 Å². The summed E-state index contributed by atoms with van der Waals surface area (Å²) in [6, 6.07) is 7.16. The zero-order chi connectivity index (χ0) is 14.5. The van der Waals surface area contributed by atoms with Crippen molar-refractivity contribution >= 4 is 34.1 Å². The molecule has 1 aromatic carbocycles. The number of hydrogen-bond acceptors (Lipinski definition) is 2. The lowest BCUT2D eigenvalue weighted by Gasteiger charge is -2.08. The van der Waals surface area contributed by atoms with Gasteiger partial charge in [-0.25, -0.2) is 0 Å². The number of alkyl halides is 1. The number of anilines is 1. The molecule has 2 N–H and O–H groups in total. The minimum Gasteiger partial charge on any atom is -0.326 e. The Hall–Kier alpha value is -1.81. The van der Waals surface area contributed by atoms with Gasteiger partial charge < -0.3 is 10.3 Å². The van der Waals surface area contributed by atoms with Gasteiger partial charge in [0.05, 0.1) is 5.52 Å². The Balaban J connectivity index is 2.29. The van der Waals surface area contributed by atoms with E-state index in [1.807, 2.05) is 19.1 Å². The molecule has 0 radical (unpaired) electrons. The van der Waals surface area contributed by atoms with Crippen molar-refractivity contribution in [3.8, 4) is 0 Å². The van der Waals surface area contributed by atoms with Crippen LogP contribution in [-0.4, -0.2) is 16.8 Å². The first-order valence-electron chi connectivity index (χ1n) is 6.66. The molecule has 0 aliphatic heterocycles. The number of carbonyl (C=O) groups is 1. The zero-order valence-corrected chi connectivity index (χ0v) is 12.1. The van der Waals surface area contributed by atoms with Crippen molar-refractivity contribution in [3.05, 3.63) is 40.2 Å². The van der Waals surface area contributed by atoms with Gasteiger partial charge in [-0.05, 0) is 30.5 Å². The maximum atomic E-state index is 11.7. The molecule has 0 atom stereocenters. The van der Waals surface area contributed by atoms with Gasteiger partial charge in [0.25, 0.3) is 0 Å². The first-order valence-corrected chi connectivity index (χ1v) is 7.19. The number of H-pyrrole nitrogens is 1. The molecule has 5 heteroatoms. The fourth-order valence-electron chi connectivity index (χ4n) is 2.15. The highest BCUT2D eigenvalue weighted by atomic mass is 35.5. The Kier molecular flexibility index (Phi) is 4.79. The number of rotatable bonds is 5. The summed E-state index contributed by atoms with van der Waals surface area (Å²) in [6.45, 7) is 2.01. The van der Waals surface area contributed by atoms with Crippen LogP contribution in [0, 0.1) is 0 Å². The number of pyridine rings is 1. The molecule has 0 saturated carbocycles. The Morgan fingerprint density at radius 3 is 2.85 bits per heavy atom. The minimum absolute atomic E-state index is 0.0704. The topological polar surface area (TPSA) is 62.0 Å². The van der Waals surface area contributed by atoms with E-state index in [9.17, 15) is 9.59 Å². The summed E-state index contributed by atoms with van der Waals surface area (Å²) in [5.41, 5.74) is 2.30. The van der Waals surface area contributed by atoms with Crippen molar-refractivity contribution in [1.82, 2.24) is 4.98 Å². The number of aromatic amines is 1. The van der Waals surface area contributed by atoms with Gasteiger partial charge in [0.15, 0.2) is 0 Å². The predicted molar refractivity (Wildman–Crippen MR) is 82.5 cm³/mol. The number of fused-ring (bicyclic) bond motifs is 1. The van der Waals surface area contributed by atoms with Crippen LogP contribution < -0.4 is 10.9 Å². The zero-order valence-electron chi connectivity index (χ0n) is 11.3. The molecule has 0 bridgehead atoms. The Bertz CT molecular complexity index is 679. The Labute approximate surface area is 122 Å². The largest absolute Gasteiger partial charge is 0.326 e. The van der Waals surface area contributed by atoms with E-state index in [4.69, 9.17) is 11.6 Å². The number of hydrogen-bond donors (Lipinski definition) is 2. The molecule has 2 rings (SSSR count). The molecule has 0 aliphatic rings. The van der Waals surface area contributed by atoms with Crippen molar-refractivity contribution in [2.24, 2.45) is 0 Å². The maximum Gasteiger partial charge on any atom is 0.248 e. The van der Waals surface area contributed by atoms with Crippen LogP contribution in [-0.2, 0) is 11.2 Å². The van der Waals surface area contributed by atoms with Crippen LogP contribution in [0.5, 0.6) is 0 Å². The number of amides is 1. The summed E-state index contributed by atoms with van der Waals surface area (Å²) in [6.07, 6.45) is 1.84. The summed E-state index contributed by atoms with van der Waals surface area (Å²) in [4.78, 5) is 26.0. The predicted octanol–water partition coefficient (Wildman–Crippen LogP) is 3.05. The van der Waals surface area contributed by atoms with Crippen molar-refractivity contribution in [3.63, 3.8) is 0 Å². The van der Waals surface area contributed by atoms with Gasteiger partial charge in [-0.2, -0.15) is 0 Å². The highest BCUT2D eigenvalue weighted by Gasteiger charge is 2.05. The molecule has 0 aliphatic carbocycles. The summed E-state index contributed by atoms with van der Waals surface area (Å²) >= 11 is 5.56. The minimum atomic E-state index is -0.125. The second kappa shape index (κ2) is 6.57. The molecule has 106 valence electrons. The number of carbonyl (C=O) groups excluding carboxylic acids is 1. The molecule has 20 heavy (non-hydrogen) atoms. The van der Waals surface area contributed by atoms with E-state index in [-0.39, 0.29) is 11.5 Å². The maximum absolute atomic E-state index is 11.7. The molecular weight excluding hydrogens is 276 g/mol. The first-order chi connectivity index (χ1) is 9.63.